The zero-order valence-electron chi connectivity index (χ0n) is 20.5. The standard InChI is InChI=1S/C28H36ClN3O2/c1-19(2)34-24-9-7-21(8-10-24)20(3)22-11-15-31(16-12-22)23-13-17-32(18-14-23)28(33)25-5-4-6-26(29)27(25)30/h4-10,19,23H,11-18,30H2,1-3H3. The van der Waals surface area contributed by atoms with E-state index in [0.717, 1.165) is 57.6 Å². The fraction of sp³-hybridized carbons (Fsp3) is 0.464. The van der Waals surface area contributed by atoms with Gasteiger partial charge in [-0.25, -0.2) is 0 Å². The molecule has 2 aromatic rings. The molecule has 0 atom stereocenters. The van der Waals surface area contributed by atoms with Crippen LogP contribution in [0.5, 0.6) is 5.75 Å². The summed E-state index contributed by atoms with van der Waals surface area (Å²) >= 11 is 6.11. The molecule has 6 heteroatoms. The van der Waals surface area contributed by atoms with Gasteiger partial charge in [-0.3, -0.25) is 9.69 Å². The molecular formula is C28H36ClN3O2. The van der Waals surface area contributed by atoms with Crippen LogP contribution in [0.1, 0.15) is 62.4 Å². The van der Waals surface area contributed by atoms with Crippen molar-refractivity contribution in [3.05, 3.63) is 64.2 Å². The number of para-hydroxylation sites is 1. The van der Waals surface area contributed by atoms with Crippen LogP contribution >= 0.6 is 11.6 Å². The molecule has 0 unspecified atom stereocenters. The summed E-state index contributed by atoms with van der Waals surface area (Å²) in [5.41, 5.74) is 11.2. The predicted molar refractivity (Wildman–Crippen MR) is 140 cm³/mol. The average molecular weight is 482 g/mol. The van der Waals surface area contributed by atoms with Crippen molar-refractivity contribution < 1.29 is 9.53 Å². The summed E-state index contributed by atoms with van der Waals surface area (Å²) in [6, 6.07) is 14.3. The van der Waals surface area contributed by atoms with Gasteiger partial charge in [-0.1, -0.05) is 35.4 Å². The van der Waals surface area contributed by atoms with Crippen molar-refractivity contribution in [1.29, 1.82) is 0 Å². The number of rotatable bonds is 5. The summed E-state index contributed by atoms with van der Waals surface area (Å²) in [5, 5.41) is 0.438. The summed E-state index contributed by atoms with van der Waals surface area (Å²) in [6.45, 7) is 10.0. The van der Waals surface area contributed by atoms with E-state index in [1.165, 1.54) is 11.1 Å². The lowest BCUT2D eigenvalue weighted by Gasteiger charge is -2.41. The van der Waals surface area contributed by atoms with Crippen LogP contribution in [-0.2, 0) is 0 Å². The Balaban J connectivity index is 1.30. The molecule has 0 aliphatic carbocycles. The van der Waals surface area contributed by atoms with E-state index in [0.29, 0.717) is 22.3 Å². The molecule has 2 aliphatic rings. The molecule has 4 rings (SSSR count). The van der Waals surface area contributed by atoms with Crippen LogP contribution in [-0.4, -0.2) is 54.0 Å². The zero-order valence-corrected chi connectivity index (χ0v) is 21.3. The number of benzene rings is 2. The van der Waals surface area contributed by atoms with Gasteiger partial charge in [-0.05, 0) is 81.9 Å². The van der Waals surface area contributed by atoms with E-state index in [2.05, 4.69) is 36.1 Å². The molecule has 34 heavy (non-hydrogen) atoms. The van der Waals surface area contributed by atoms with Crippen molar-refractivity contribution >= 4 is 28.8 Å². The van der Waals surface area contributed by atoms with Gasteiger partial charge in [0.15, 0.2) is 0 Å². The van der Waals surface area contributed by atoms with Crippen LogP contribution in [0.25, 0.3) is 5.57 Å². The van der Waals surface area contributed by atoms with Gasteiger partial charge in [-0.15, -0.1) is 0 Å². The van der Waals surface area contributed by atoms with Gasteiger partial charge in [-0.2, -0.15) is 0 Å². The third-order valence-electron chi connectivity index (χ3n) is 7.14. The fourth-order valence-electron chi connectivity index (χ4n) is 5.12. The molecule has 182 valence electrons. The maximum Gasteiger partial charge on any atom is 0.255 e. The molecule has 2 aliphatic heterocycles. The number of nitrogen functional groups attached to an aromatic ring is 1. The van der Waals surface area contributed by atoms with E-state index in [-0.39, 0.29) is 12.0 Å². The summed E-state index contributed by atoms with van der Waals surface area (Å²) in [7, 11) is 0. The third kappa shape index (κ3) is 5.59. The van der Waals surface area contributed by atoms with Gasteiger partial charge < -0.3 is 15.4 Å². The number of likely N-dealkylation sites (tertiary alicyclic amines) is 2. The minimum Gasteiger partial charge on any atom is -0.491 e. The molecule has 0 spiro atoms. The number of carbonyl (C=O) groups is 1. The first-order valence-corrected chi connectivity index (χ1v) is 12.7. The maximum absolute atomic E-state index is 12.9. The number of anilines is 1. The Morgan fingerprint density at radius 3 is 2.29 bits per heavy atom. The normalized spacial score (nSPS) is 17.8. The number of nitrogens with two attached hydrogens (primary N) is 1. The monoisotopic (exact) mass is 481 g/mol. The van der Waals surface area contributed by atoms with E-state index in [4.69, 9.17) is 22.1 Å². The Hall–Kier alpha value is -2.50. The molecule has 2 aromatic carbocycles. The van der Waals surface area contributed by atoms with E-state index in [9.17, 15) is 4.79 Å². The highest BCUT2D eigenvalue weighted by Crippen LogP contribution is 2.31. The molecule has 2 fully saturated rings. The Morgan fingerprint density at radius 2 is 1.68 bits per heavy atom. The quantitative estimate of drug-likeness (QED) is 0.541. The second-order valence-electron chi connectivity index (χ2n) is 9.68. The number of piperidine rings is 2. The number of nitrogens with zero attached hydrogens (tertiary/aromatic N) is 2. The van der Waals surface area contributed by atoms with Crippen molar-refractivity contribution in [3.8, 4) is 5.75 Å². The van der Waals surface area contributed by atoms with E-state index in [1.807, 2.05) is 18.7 Å². The molecule has 0 aromatic heterocycles. The van der Waals surface area contributed by atoms with Gasteiger partial charge in [0, 0.05) is 32.2 Å². The smallest absolute Gasteiger partial charge is 0.255 e. The van der Waals surface area contributed by atoms with E-state index >= 15 is 0 Å². The van der Waals surface area contributed by atoms with Gasteiger partial charge >= 0.3 is 0 Å². The molecule has 0 saturated carbocycles. The molecule has 1 amide bonds. The summed E-state index contributed by atoms with van der Waals surface area (Å²) < 4.78 is 5.77. The lowest BCUT2D eigenvalue weighted by Crippen LogP contribution is -2.48. The summed E-state index contributed by atoms with van der Waals surface area (Å²) in [5.74, 6) is 0.914. The van der Waals surface area contributed by atoms with Crippen LogP contribution in [0.2, 0.25) is 5.02 Å². The topological polar surface area (TPSA) is 58.8 Å². The van der Waals surface area contributed by atoms with E-state index < -0.39 is 0 Å². The molecule has 0 radical (unpaired) electrons. The van der Waals surface area contributed by atoms with Crippen molar-refractivity contribution in [2.75, 3.05) is 31.9 Å². The minimum atomic E-state index is -0.0113. The lowest BCUT2D eigenvalue weighted by atomic mass is 9.92. The van der Waals surface area contributed by atoms with Crippen LogP contribution in [0.3, 0.4) is 0 Å². The lowest BCUT2D eigenvalue weighted by molar-refractivity contribution is 0.0609. The largest absolute Gasteiger partial charge is 0.491 e. The second kappa shape index (κ2) is 10.8. The number of halogens is 1. The van der Waals surface area contributed by atoms with Crippen molar-refractivity contribution in [1.82, 2.24) is 9.80 Å². The van der Waals surface area contributed by atoms with Crippen molar-refractivity contribution in [2.24, 2.45) is 0 Å². The number of amides is 1. The minimum absolute atomic E-state index is 0.0113. The summed E-state index contributed by atoms with van der Waals surface area (Å²) in [4.78, 5) is 17.5. The Kier molecular flexibility index (Phi) is 7.84. The molecule has 5 nitrogen and oxygen atoms in total. The number of carbonyl (C=O) groups excluding carboxylic acids is 1. The fourth-order valence-corrected chi connectivity index (χ4v) is 5.30. The van der Waals surface area contributed by atoms with Crippen LogP contribution < -0.4 is 10.5 Å². The van der Waals surface area contributed by atoms with Crippen LogP contribution in [0.4, 0.5) is 5.69 Å². The first-order valence-electron chi connectivity index (χ1n) is 12.4. The third-order valence-corrected chi connectivity index (χ3v) is 7.47. The highest BCUT2D eigenvalue weighted by molar-refractivity contribution is 6.33. The molecule has 2 saturated heterocycles. The SMILES string of the molecule is CC(=C1CCN(C2CCN(C(=O)c3cccc(Cl)c3N)CC2)CC1)c1ccc(OC(C)C)cc1. The first kappa shape index (κ1) is 24.6. The Morgan fingerprint density at radius 1 is 1.03 bits per heavy atom. The number of allylic oxidation sites excluding steroid dienone is 1. The highest BCUT2D eigenvalue weighted by atomic mass is 35.5. The van der Waals surface area contributed by atoms with E-state index in [1.54, 1.807) is 23.8 Å². The van der Waals surface area contributed by atoms with Gasteiger partial charge in [0.25, 0.3) is 5.91 Å². The average Bonchev–Trinajstić information content (AvgIpc) is 2.85. The second-order valence-corrected chi connectivity index (χ2v) is 10.1. The summed E-state index contributed by atoms with van der Waals surface area (Å²) in [6.07, 6.45) is 4.40. The molecular weight excluding hydrogens is 446 g/mol. The zero-order chi connectivity index (χ0) is 24.2. The maximum atomic E-state index is 12.9. The number of hydrogen-bond acceptors (Lipinski definition) is 4. The first-order chi connectivity index (χ1) is 16.3. The molecule has 2 N–H and O–H groups in total. The van der Waals surface area contributed by atoms with Crippen molar-refractivity contribution in [3.63, 3.8) is 0 Å². The number of hydrogen-bond donors (Lipinski definition) is 1. The van der Waals surface area contributed by atoms with Crippen LogP contribution in [0.15, 0.2) is 48.0 Å². The van der Waals surface area contributed by atoms with Crippen LogP contribution in [0, 0.1) is 0 Å². The Labute approximate surface area is 208 Å². The van der Waals surface area contributed by atoms with Gasteiger partial charge in [0.05, 0.1) is 22.4 Å². The Bertz CT molecular complexity index is 1030. The van der Waals surface area contributed by atoms with Gasteiger partial charge in [0.1, 0.15) is 5.75 Å². The van der Waals surface area contributed by atoms with Crippen molar-refractivity contribution in [2.45, 2.75) is 58.6 Å². The highest BCUT2D eigenvalue weighted by Gasteiger charge is 2.29. The molecule has 2 heterocycles. The van der Waals surface area contributed by atoms with Gasteiger partial charge in [0.2, 0.25) is 0 Å². The molecule has 0 bridgehead atoms. The number of ether oxygens (including phenoxy) is 1. The predicted octanol–water partition coefficient (Wildman–Crippen LogP) is 5.88.